The summed E-state index contributed by atoms with van der Waals surface area (Å²) in [6.07, 6.45) is 4.31. The molecule has 0 spiro atoms. The van der Waals surface area contributed by atoms with Crippen LogP contribution in [0.15, 0.2) is 30.5 Å². The SMILES string of the molecule is CCCn1ccc2c(CCN)cccc21. The van der Waals surface area contributed by atoms with Crippen LogP contribution in [-0.2, 0) is 13.0 Å². The Morgan fingerprint density at radius 1 is 1.27 bits per heavy atom. The highest BCUT2D eigenvalue weighted by Gasteiger charge is 2.03. The van der Waals surface area contributed by atoms with E-state index in [0.29, 0.717) is 0 Å². The Kier molecular flexibility index (Phi) is 3.07. The van der Waals surface area contributed by atoms with Crippen LogP contribution in [0, 0.1) is 0 Å². The van der Waals surface area contributed by atoms with Gasteiger partial charge in [0.1, 0.15) is 0 Å². The summed E-state index contributed by atoms with van der Waals surface area (Å²) in [7, 11) is 0. The van der Waals surface area contributed by atoms with Gasteiger partial charge in [0.2, 0.25) is 0 Å². The first-order valence-corrected chi connectivity index (χ1v) is 5.63. The molecule has 0 amide bonds. The zero-order chi connectivity index (χ0) is 10.7. The molecule has 2 nitrogen and oxygen atoms in total. The molecule has 1 aromatic carbocycles. The minimum atomic E-state index is 0.720. The number of fused-ring (bicyclic) bond motifs is 1. The van der Waals surface area contributed by atoms with Crippen LogP contribution in [0.5, 0.6) is 0 Å². The maximum Gasteiger partial charge on any atom is 0.0483 e. The predicted molar refractivity (Wildman–Crippen MR) is 65.0 cm³/mol. The van der Waals surface area contributed by atoms with Crippen molar-refractivity contribution in [1.29, 1.82) is 0 Å². The quantitative estimate of drug-likeness (QED) is 0.811. The molecule has 2 heteroatoms. The second-order valence-electron chi connectivity index (χ2n) is 3.90. The highest BCUT2D eigenvalue weighted by atomic mass is 14.9. The Bertz CT molecular complexity index is 443. The number of nitrogens with zero attached hydrogens (tertiary/aromatic N) is 1. The largest absolute Gasteiger partial charge is 0.347 e. The lowest BCUT2D eigenvalue weighted by Gasteiger charge is -2.05. The average molecular weight is 202 g/mol. The van der Waals surface area contributed by atoms with E-state index < -0.39 is 0 Å². The lowest BCUT2D eigenvalue weighted by molar-refractivity contribution is 0.703. The van der Waals surface area contributed by atoms with Gasteiger partial charge in [-0.2, -0.15) is 0 Å². The first kappa shape index (κ1) is 10.2. The smallest absolute Gasteiger partial charge is 0.0483 e. The Hall–Kier alpha value is -1.28. The van der Waals surface area contributed by atoms with E-state index in [1.807, 2.05) is 0 Å². The van der Waals surface area contributed by atoms with Gasteiger partial charge in [-0.3, -0.25) is 0 Å². The number of aryl methyl sites for hydroxylation is 1. The maximum absolute atomic E-state index is 5.61. The second-order valence-corrected chi connectivity index (χ2v) is 3.90. The molecule has 2 rings (SSSR count). The van der Waals surface area contributed by atoms with Gasteiger partial charge in [-0.1, -0.05) is 19.1 Å². The van der Waals surface area contributed by atoms with Crippen molar-refractivity contribution in [2.45, 2.75) is 26.3 Å². The van der Waals surface area contributed by atoms with Gasteiger partial charge in [-0.25, -0.2) is 0 Å². The van der Waals surface area contributed by atoms with E-state index in [9.17, 15) is 0 Å². The van der Waals surface area contributed by atoms with Crippen LogP contribution in [0.2, 0.25) is 0 Å². The molecular weight excluding hydrogens is 184 g/mol. The molecule has 0 saturated heterocycles. The van der Waals surface area contributed by atoms with Crippen molar-refractivity contribution in [2.24, 2.45) is 5.73 Å². The van der Waals surface area contributed by atoms with Gasteiger partial charge in [0.25, 0.3) is 0 Å². The van der Waals surface area contributed by atoms with E-state index in [1.54, 1.807) is 0 Å². The zero-order valence-electron chi connectivity index (χ0n) is 9.24. The molecule has 0 aliphatic rings. The molecule has 0 fully saturated rings. The van der Waals surface area contributed by atoms with Crippen LogP contribution in [0.3, 0.4) is 0 Å². The van der Waals surface area contributed by atoms with Gasteiger partial charge in [-0.05, 0) is 37.1 Å². The number of benzene rings is 1. The van der Waals surface area contributed by atoms with Gasteiger partial charge in [0.05, 0.1) is 0 Å². The molecule has 0 unspecified atom stereocenters. The number of nitrogens with two attached hydrogens (primary N) is 1. The Morgan fingerprint density at radius 3 is 2.87 bits per heavy atom. The van der Waals surface area contributed by atoms with Gasteiger partial charge in [0.15, 0.2) is 0 Å². The Labute approximate surface area is 90.7 Å². The summed E-state index contributed by atoms with van der Waals surface area (Å²) in [5, 5.41) is 1.36. The van der Waals surface area contributed by atoms with Crippen molar-refractivity contribution in [1.82, 2.24) is 4.57 Å². The van der Waals surface area contributed by atoms with Gasteiger partial charge >= 0.3 is 0 Å². The van der Waals surface area contributed by atoms with Crippen molar-refractivity contribution < 1.29 is 0 Å². The monoisotopic (exact) mass is 202 g/mol. The van der Waals surface area contributed by atoms with Crippen LogP contribution in [0.1, 0.15) is 18.9 Å². The summed E-state index contributed by atoms with van der Waals surface area (Å²) in [4.78, 5) is 0. The summed E-state index contributed by atoms with van der Waals surface area (Å²) in [6, 6.07) is 8.69. The highest BCUT2D eigenvalue weighted by Crippen LogP contribution is 2.20. The number of rotatable bonds is 4. The summed E-state index contributed by atoms with van der Waals surface area (Å²) in [5.41, 5.74) is 8.31. The van der Waals surface area contributed by atoms with E-state index >= 15 is 0 Å². The first-order chi connectivity index (χ1) is 7.36. The molecule has 0 atom stereocenters. The van der Waals surface area contributed by atoms with Crippen molar-refractivity contribution in [2.75, 3.05) is 6.54 Å². The van der Waals surface area contributed by atoms with Crippen LogP contribution >= 0.6 is 0 Å². The van der Waals surface area contributed by atoms with Crippen molar-refractivity contribution in [3.05, 3.63) is 36.0 Å². The fraction of sp³-hybridized carbons (Fsp3) is 0.385. The summed E-state index contributed by atoms with van der Waals surface area (Å²) >= 11 is 0. The fourth-order valence-electron chi connectivity index (χ4n) is 2.10. The maximum atomic E-state index is 5.61. The minimum Gasteiger partial charge on any atom is -0.347 e. The number of hydrogen-bond acceptors (Lipinski definition) is 1. The summed E-state index contributed by atoms with van der Waals surface area (Å²) in [5.74, 6) is 0. The molecule has 15 heavy (non-hydrogen) atoms. The van der Waals surface area contributed by atoms with E-state index in [0.717, 1.165) is 19.5 Å². The molecule has 0 saturated carbocycles. The van der Waals surface area contributed by atoms with Gasteiger partial charge < -0.3 is 10.3 Å². The Balaban J connectivity index is 2.48. The normalized spacial score (nSPS) is 11.1. The first-order valence-electron chi connectivity index (χ1n) is 5.63. The second kappa shape index (κ2) is 4.49. The highest BCUT2D eigenvalue weighted by molar-refractivity contribution is 5.83. The van der Waals surface area contributed by atoms with E-state index in [-0.39, 0.29) is 0 Å². The topological polar surface area (TPSA) is 30.9 Å². The fourth-order valence-corrected chi connectivity index (χ4v) is 2.10. The number of aromatic nitrogens is 1. The van der Waals surface area contributed by atoms with Crippen LogP contribution < -0.4 is 5.73 Å². The third-order valence-corrected chi connectivity index (χ3v) is 2.78. The lowest BCUT2D eigenvalue weighted by atomic mass is 10.1. The molecule has 0 aliphatic carbocycles. The average Bonchev–Trinajstić information content (AvgIpc) is 2.64. The zero-order valence-corrected chi connectivity index (χ0v) is 9.24. The molecule has 2 aromatic rings. The molecule has 1 aromatic heterocycles. The van der Waals surface area contributed by atoms with E-state index in [4.69, 9.17) is 5.73 Å². The van der Waals surface area contributed by atoms with E-state index in [1.165, 1.54) is 22.9 Å². The van der Waals surface area contributed by atoms with Crippen LogP contribution in [0.4, 0.5) is 0 Å². The molecular formula is C13H18N2. The van der Waals surface area contributed by atoms with Crippen molar-refractivity contribution in [3.63, 3.8) is 0 Å². The van der Waals surface area contributed by atoms with Gasteiger partial charge in [-0.15, -0.1) is 0 Å². The van der Waals surface area contributed by atoms with E-state index in [2.05, 4.69) is 42.0 Å². The third kappa shape index (κ3) is 1.90. The van der Waals surface area contributed by atoms with Crippen molar-refractivity contribution >= 4 is 10.9 Å². The minimum absolute atomic E-state index is 0.720. The summed E-state index contributed by atoms with van der Waals surface area (Å²) in [6.45, 7) is 4.02. The number of hydrogen-bond donors (Lipinski definition) is 1. The predicted octanol–water partition coefficient (Wildman–Crippen LogP) is 2.55. The summed E-state index contributed by atoms with van der Waals surface area (Å²) < 4.78 is 2.31. The van der Waals surface area contributed by atoms with Crippen LogP contribution in [0.25, 0.3) is 10.9 Å². The van der Waals surface area contributed by atoms with Crippen molar-refractivity contribution in [3.8, 4) is 0 Å². The Morgan fingerprint density at radius 2 is 2.13 bits per heavy atom. The third-order valence-electron chi connectivity index (χ3n) is 2.78. The molecule has 0 bridgehead atoms. The molecule has 0 radical (unpaired) electrons. The molecule has 80 valence electrons. The lowest BCUT2D eigenvalue weighted by Crippen LogP contribution is -2.03. The standard InChI is InChI=1S/C13H18N2/c1-2-9-15-10-7-12-11(6-8-14)4-3-5-13(12)15/h3-5,7,10H,2,6,8-9,14H2,1H3. The van der Waals surface area contributed by atoms with Crippen LogP contribution in [-0.4, -0.2) is 11.1 Å². The van der Waals surface area contributed by atoms with Gasteiger partial charge in [0, 0.05) is 23.6 Å². The molecule has 2 N–H and O–H groups in total. The molecule has 1 heterocycles. The molecule has 0 aliphatic heterocycles.